The van der Waals surface area contributed by atoms with Crippen molar-refractivity contribution in [1.82, 2.24) is 0 Å². The van der Waals surface area contributed by atoms with Gasteiger partial charge in [-0.05, 0) is 77.0 Å². The zero-order chi connectivity index (χ0) is 43.2. The number of epoxide rings is 1. The van der Waals surface area contributed by atoms with Gasteiger partial charge in [-0.25, -0.2) is 4.57 Å². The Balaban J connectivity index is 2.32. The first kappa shape index (κ1) is 54.4. The zero-order valence-electron chi connectivity index (χ0n) is 36.5. The first-order chi connectivity index (χ1) is 28.6. The van der Waals surface area contributed by atoms with Gasteiger partial charge in [0.2, 0.25) is 0 Å². The fourth-order valence-corrected chi connectivity index (χ4v) is 6.99. The first-order valence-corrected chi connectivity index (χ1v) is 24.3. The molecular weight excluding hydrogens is 773 g/mol. The second kappa shape index (κ2) is 37.2. The molecule has 1 aliphatic rings. The fraction of sp³-hybridized carbons (Fsp3) is 0.761. The van der Waals surface area contributed by atoms with Crippen LogP contribution in [-0.4, -0.2) is 72.1 Å². The van der Waals surface area contributed by atoms with E-state index in [9.17, 15) is 23.8 Å². The van der Waals surface area contributed by atoms with Crippen molar-refractivity contribution >= 4 is 25.7 Å². The highest BCUT2D eigenvalue weighted by Gasteiger charge is 2.36. The molecule has 0 saturated carbocycles. The predicted molar refractivity (Wildman–Crippen MR) is 235 cm³/mol. The number of nitrogens with two attached hydrogens (primary N) is 1. The molecule has 0 aromatic carbocycles. The maximum Gasteiger partial charge on any atom is 0.472 e. The number of aliphatic carboxylic acids is 1. The maximum atomic E-state index is 12.7. The summed E-state index contributed by atoms with van der Waals surface area (Å²) in [6.07, 6.45) is 43.4. The Morgan fingerprint density at radius 3 is 1.69 bits per heavy atom. The Labute approximate surface area is 356 Å². The van der Waals surface area contributed by atoms with E-state index in [0.29, 0.717) is 19.3 Å². The molecule has 59 heavy (non-hydrogen) atoms. The average molecular weight is 854 g/mol. The monoisotopic (exact) mass is 854 g/mol. The molecule has 13 heteroatoms. The second-order valence-electron chi connectivity index (χ2n) is 15.6. The maximum absolute atomic E-state index is 12.7. The highest BCUT2D eigenvalue weighted by molar-refractivity contribution is 7.47. The smallest absolute Gasteiger partial charge is 0.472 e. The van der Waals surface area contributed by atoms with Crippen LogP contribution in [0.25, 0.3) is 0 Å². The van der Waals surface area contributed by atoms with E-state index in [0.717, 1.165) is 51.4 Å². The molecule has 1 aliphatic heterocycles. The Kier molecular flexibility index (Phi) is 34.3. The molecule has 0 aliphatic carbocycles. The largest absolute Gasteiger partial charge is 0.480 e. The van der Waals surface area contributed by atoms with Crippen molar-refractivity contribution in [3.8, 4) is 0 Å². The molecule has 1 fully saturated rings. The number of carbonyl (C=O) groups excluding carboxylic acids is 2. The third kappa shape index (κ3) is 34.8. The lowest BCUT2D eigenvalue weighted by atomic mass is 10.1. The molecule has 1 heterocycles. The zero-order valence-corrected chi connectivity index (χ0v) is 37.4. The van der Waals surface area contributed by atoms with Crippen LogP contribution in [0.4, 0.5) is 0 Å². The summed E-state index contributed by atoms with van der Waals surface area (Å²) in [5.41, 5.74) is 5.34. The Morgan fingerprint density at radius 1 is 0.610 bits per heavy atom. The molecule has 1 rings (SSSR count). The van der Waals surface area contributed by atoms with Crippen molar-refractivity contribution in [1.29, 1.82) is 0 Å². The Hall–Kier alpha value is -2.60. The average Bonchev–Trinajstić information content (AvgIpc) is 3.97. The van der Waals surface area contributed by atoms with Crippen LogP contribution in [0.15, 0.2) is 48.6 Å². The van der Waals surface area contributed by atoms with Gasteiger partial charge in [0.05, 0.1) is 25.4 Å². The lowest BCUT2D eigenvalue weighted by molar-refractivity contribution is -0.161. The van der Waals surface area contributed by atoms with E-state index in [1.165, 1.54) is 83.5 Å². The van der Waals surface area contributed by atoms with Crippen molar-refractivity contribution in [2.75, 3.05) is 19.8 Å². The SMILES string of the molecule is CCCCC/C=C\C/C=C\CC1OC1C/C=C\CCCC(=O)O[C@H](COC(=O)CCCCCCCCC/C=C\CCCCCCCC)COP(=O)(O)OC[C@H](N)C(=O)O. The Bertz CT molecular complexity index is 1250. The van der Waals surface area contributed by atoms with Crippen molar-refractivity contribution in [3.05, 3.63) is 48.6 Å². The van der Waals surface area contributed by atoms with E-state index in [-0.39, 0.29) is 31.7 Å². The third-order valence-electron chi connectivity index (χ3n) is 9.95. The molecule has 12 nitrogen and oxygen atoms in total. The number of phosphoric acid groups is 1. The summed E-state index contributed by atoms with van der Waals surface area (Å²) in [6.45, 7) is 2.70. The van der Waals surface area contributed by atoms with Gasteiger partial charge in [0.15, 0.2) is 6.10 Å². The molecule has 0 spiro atoms. The van der Waals surface area contributed by atoms with Gasteiger partial charge in [-0.3, -0.25) is 23.4 Å². The lowest BCUT2D eigenvalue weighted by Crippen LogP contribution is -2.34. The molecule has 0 bridgehead atoms. The van der Waals surface area contributed by atoms with E-state index >= 15 is 0 Å². The molecule has 0 radical (unpaired) electrons. The Morgan fingerprint density at radius 2 is 1.07 bits per heavy atom. The third-order valence-corrected chi connectivity index (χ3v) is 10.9. The summed E-state index contributed by atoms with van der Waals surface area (Å²) >= 11 is 0. The summed E-state index contributed by atoms with van der Waals surface area (Å²) in [5.74, 6) is -2.47. The minimum absolute atomic E-state index is 0.0753. The summed E-state index contributed by atoms with van der Waals surface area (Å²) in [4.78, 5) is 46.1. The van der Waals surface area contributed by atoms with Crippen LogP contribution in [0.5, 0.6) is 0 Å². The highest BCUT2D eigenvalue weighted by atomic mass is 31.2. The van der Waals surface area contributed by atoms with Gasteiger partial charge in [-0.15, -0.1) is 0 Å². The van der Waals surface area contributed by atoms with Gasteiger partial charge in [0.25, 0.3) is 0 Å². The molecule has 5 atom stereocenters. The van der Waals surface area contributed by atoms with E-state index in [2.05, 4.69) is 60.9 Å². The molecule has 3 unspecified atom stereocenters. The number of hydrogen-bond donors (Lipinski definition) is 3. The summed E-state index contributed by atoms with van der Waals surface area (Å²) in [6, 6.07) is -1.53. The molecule has 340 valence electrons. The number of carbonyl (C=O) groups is 3. The minimum Gasteiger partial charge on any atom is -0.480 e. The molecule has 0 amide bonds. The minimum atomic E-state index is -4.74. The number of ether oxygens (including phenoxy) is 3. The van der Waals surface area contributed by atoms with E-state index in [4.69, 9.17) is 29.6 Å². The van der Waals surface area contributed by atoms with Gasteiger partial charge < -0.3 is 29.9 Å². The number of rotatable bonds is 41. The number of phosphoric ester groups is 1. The molecular formula is C46H80NO11P. The van der Waals surface area contributed by atoms with E-state index in [1.54, 1.807) is 0 Å². The topological polar surface area (TPSA) is 184 Å². The summed E-state index contributed by atoms with van der Waals surface area (Å²) < 4.78 is 38.5. The standard InChI is InChI=1S/C46H80NO11P/c1-3-5-7-9-11-13-14-15-16-17-18-19-20-22-24-26-31-35-44(48)54-37-40(38-55-59(52,53)56-39-41(47)46(50)51)57-45(49)36-32-28-27-30-34-43-42(58-43)33-29-25-23-21-12-10-8-6-4-2/h12,15-16,21,25,27,29-30,40-43H,3-11,13-14,17-20,22-24,26,28,31-39,47H2,1-2H3,(H,50,51)(H,52,53)/b16-15-,21-12-,29-25-,30-27-/t40-,41+,42?,43?/m1/s1. The van der Waals surface area contributed by atoms with Crippen LogP contribution in [0.1, 0.15) is 181 Å². The van der Waals surface area contributed by atoms with E-state index < -0.39 is 51.1 Å². The first-order valence-electron chi connectivity index (χ1n) is 22.8. The predicted octanol–water partition coefficient (Wildman–Crippen LogP) is 11.2. The fourth-order valence-electron chi connectivity index (χ4n) is 6.21. The highest BCUT2D eigenvalue weighted by Crippen LogP contribution is 2.43. The van der Waals surface area contributed by atoms with Crippen molar-refractivity contribution < 1.29 is 52.2 Å². The number of unbranched alkanes of at least 4 members (excludes halogenated alkanes) is 17. The normalized spacial score (nSPS) is 17.6. The number of carboxylic acid groups (broad SMARTS) is 1. The number of allylic oxidation sites excluding steroid dienone is 6. The van der Waals surface area contributed by atoms with Gasteiger partial charge >= 0.3 is 25.7 Å². The molecule has 0 aromatic heterocycles. The van der Waals surface area contributed by atoms with Crippen LogP contribution < -0.4 is 5.73 Å². The van der Waals surface area contributed by atoms with Crippen molar-refractivity contribution in [3.63, 3.8) is 0 Å². The quantitative estimate of drug-likeness (QED) is 0.0174. The van der Waals surface area contributed by atoms with Crippen LogP contribution >= 0.6 is 7.82 Å². The lowest BCUT2D eigenvalue weighted by Gasteiger charge is -2.20. The van der Waals surface area contributed by atoms with Crippen LogP contribution in [0, 0.1) is 0 Å². The molecule has 0 aromatic rings. The summed E-state index contributed by atoms with van der Waals surface area (Å²) in [7, 11) is -4.74. The van der Waals surface area contributed by atoms with Gasteiger partial charge in [0.1, 0.15) is 12.6 Å². The molecule has 4 N–H and O–H groups in total. The number of hydrogen-bond acceptors (Lipinski definition) is 10. The van der Waals surface area contributed by atoms with Crippen LogP contribution in [0.2, 0.25) is 0 Å². The van der Waals surface area contributed by atoms with Crippen LogP contribution in [-0.2, 0) is 42.2 Å². The summed E-state index contributed by atoms with van der Waals surface area (Å²) in [5, 5.41) is 8.90. The van der Waals surface area contributed by atoms with Crippen molar-refractivity contribution in [2.24, 2.45) is 5.73 Å². The second-order valence-corrected chi connectivity index (χ2v) is 17.0. The van der Waals surface area contributed by atoms with Crippen molar-refractivity contribution in [2.45, 2.75) is 205 Å². The van der Waals surface area contributed by atoms with Gasteiger partial charge in [-0.1, -0.05) is 140 Å². The van der Waals surface area contributed by atoms with Gasteiger partial charge in [-0.2, -0.15) is 0 Å². The number of carboxylic acids is 1. The van der Waals surface area contributed by atoms with Crippen LogP contribution in [0.3, 0.4) is 0 Å². The molecule has 1 saturated heterocycles. The van der Waals surface area contributed by atoms with Gasteiger partial charge in [0, 0.05) is 12.8 Å². The van der Waals surface area contributed by atoms with E-state index in [1.807, 2.05) is 6.08 Å². The number of esters is 2.